The van der Waals surface area contributed by atoms with Gasteiger partial charge in [-0.15, -0.1) is 0 Å². The molecule has 0 bridgehead atoms. The van der Waals surface area contributed by atoms with Crippen molar-refractivity contribution >= 4 is 27.5 Å². The summed E-state index contributed by atoms with van der Waals surface area (Å²) in [4.78, 5) is 2.31. The van der Waals surface area contributed by atoms with Crippen LogP contribution in [-0.4, -0.2) is 32.1 Å². The number of rotatable bonds is 3. The highest BCUT2D eigenvalue weighted by molar-refractivity contribution is 9.10. The van der Waals surface area contributed by atoms with E-state index in [2.05, 4.69) is 71.3 Å². The second-order valence-electron chi connectivity index (χ2n) is 6.35. The summed E-state index contributed by atoms with van der Waals surface area (Å²) in [6.07, 6.45) is 2.12. The van der Waals surface area contributed by atoms with E-state index in [0.717, 1.165) is 23.1 Å². The third-order valence-corrected chi connectivity index (χ3v) is 5.52. The Morgan fingerprint density at radius 1 is 1.22 bits per heavy atom. The van der Waals surface area contributed by atoms with Crippen LogP contribution in [0.2, 0.25) is 5.02 Å². The Balaban J connectivity index is 2.12. The van der Waals surface area contributed by atoms with Crippen LogP contribution in [-0.2, 0) is 6.42 Å². The van der Waals surface area contributed by atoms with Gasteiger partial charge < -0.3 is 9.64 Å². The molecule has 3 rings (SSSR count). The average Bonchev–Trinajstić information content (AvgIpc) is 2.52. The number of methoxy groups -OCH3 is 1. The standard InChI is InChI=1S/C19H21BrClNO/c1-22(2)15-8-13-9-18(21)19(23-3)11-17(13)16(10-15)12-5-4-6-14(20)7-12/h4-7,9,11,15-16H,8,10H2,1-3H3. The number of ether oxygens (including phenoxy) is 1. The van der Waals surface area contributed by atoms with Gasteiger partial charge >= 0.3 is 0 Å². The van der Waals surface area contributed by atoms with E-state index in [0.29, 0.717) is 17.0 Å². The van der Waals surface area contributed by atoms with Gasteiger partial charge in [0.15, 0.2) is 0 Å². The predicted octanol–water partition coefficient (Wildman–Crippen LogP) is 5.12. The molecule has 0 saturated heterocycles. The highest BCUT2D eigenvalue weighted by Crippen LogP contribution is 2.42. The lowest BCUT2D eigenvalue weighted by atomic mass is 9.76. The van der Waals surface area contributed by atoms with E-state index in [9.17, 15) is 0 Å². The van der Waals surface area contributed by atoms with Crippen LogP contribution < -0.4 is 4.74 Å². The van der Waals surface area contributed by atoms with Crippen LogP contribution in [0.25, 0.3) is 0 Å². The zero-order valence-corrected chi connectivity index (χ0v) is 16.0. The molecule has 2 aromatic rings. The van der Waals surface area contributed by atoms with Crippen molar-refractivity contribution in [1.29, 1.82) is 0 Å². The first-order valence-corrected chi connectivity index (χ1v) is 8.95. The van der Waals surface area contributed by atoms with Gasteiger partial charge in [-0.25, -0.2) is 0 Å². The van der Waals surface area contributed by atoms with Crippen molar-refractivity contribution in [2.75, 3.05) is 21.2 Å². The molecular weight excluding hydrogens is 374 g/mol. The molecule has 0 N–H and O–H groups in total. The fourth-order valence-electron chi connectivity index (χ4n) is 3.44. The Morgan fingerprint density at radius 3 is 2.65 bits per heavy atom. The van der Waals surface area contributed by atoms with Gasteiger partial charge in [0.05, 0.1) is 12.1 Å². The van der Waals surface area contributed by atoms with Crippen LogP contribution in [0.5, 0.6) is 5.75 Å². The van der Waals surface area contributed by atoms with Gasteiger partial charge in [0.2, 0.25) is 0 Å². The van der Waals surface area contributed by atoms with Crippen molar-refractivity contribution in [3.8, 4) is 5.75 Å². The first kappa shape index (κ1) is 16.8. The second kappa shape index (κ2) is 6.84. The first-order chi connectivity index (χ1) is 11.0. The zero-order valence-electron chi connectivity index (χ0n) is 13.6. The summed E-state index contributed by atoms with van der Waals surface area (Å²) in [6, 6.07) is 13.3. The molecule has 0 fully saturated rings. The molecule has 0 spiro atoms. The number of halogens is 2. The molecule has 0 aromatic heterocycles. The van der Waals surface area contributed by atoms with Gasteiger partial charge in [0.25, 0.3) is 0 Å². The minimum atomic E-state index is 0.356. The normalized spacial score (nSPS) is 20.4. The van der Waals surface area contributed by atoms with Gasteiger partial charge in [-0.05, 0) is 67.9 Å². The quantitative estimate of drug-likeness (QED) is 0.716. The molecule has 2 unspecified atom stereocenters. The van der Waals surface area contributed by atoms with Gasteiger partial charge in [-0.3, -0.25) is 0 Å². The highest BCUT2D eigenvalue weighted by Gasteiger charge is 2.30. The summed E-state index contributed by atoms with van der Waals surface area (Å²) in [5, 5.41) is 0.693. The number of nitrogens with zero attached hydrogens (tertiary/aromatic N) is 1. The lowest BCUT2D eigenvalue weighted by Gasteiger charge is -2.36. The number of fused-ring (bicyclic) bond motifs is 1. The van der Waals surface area contributed by atoms with Crippen molar-refractivity contribution in [3.05, 3.63) is 62.6 Å². The lowest BCUT2D eigenvalue weighted by molar-refractivity contribution is 0.258. The van der Waals surface area contributed by atoms with Crippen LogP contribution in [0.15, 0.2) is 40.9 Å². The Kier molecular flexibility index (Phi) is 5.00. The van der Waals surface area contributed by atoms with E-state index in [1.54, 1.807) is 7.11 Å². The van der Waals surface area contributed by atoms with Crippen molar-refractivity contribution in [1.82, 2.24) is 4.90 Å². The van der Waals surface area contributed by atoms with Gasteiger partial charge in [-0.1, -0.05) is 39.7 Å². The molecule has 122 valence electrons. The van der Waals surface area contributed by atoms with E-state index >= 15 is 0 Å². The number of likely N-dealkylation sites (N-methyl/N-ethyl adjacent to an activating group) is 1. The number of benzene rings is 2. The van der Waals surface area contributed by atoms with Crippen molar-refractivity contribution in [2.24, 2.45) is 0 Å². The van der Waals surface area contributed by atoms with Gasteiger partial charge in [-0.2, -0.15) is 0 Å². The summed E-state index contributed by atoms with van der Waals surface area (Å²) < 4.78 is 6.56. The number of hydrogen-bond donors (Lipinski definition) is 0. The Bertz CT molecular complexity index is 717. The number of hydrogen-bond acceptors (Lipinski definition) is 2. The van der Waals surface area contributed by atoms with E-state index in [-0.39, 0.29) is 0 Å². The van der Waals surface area contributed by atoms with E-state index in [1.807, 2.05) is 0 Å². The second-order valence-corrected chi connectivity index (χ2v) is 7.67. The molecule has 0 amide bonds. The van der Waals surface area contributed by atoms with Crippen LogP contribution in [0.3, 0.4) is 0 Å². The molecule has 0 aliphatic heterocycles. The van der Waals surface area contributed by atoms with Crippen LogP contribution >= 0.6 is 27.5 Å². The zero-order chi connectivity index (χ0) is 16.6. The largest absolute Gasteiger partial charge is 0.495 e. The van der Waals surface area contributed by atoms with E-state index in [1.165, 1.54) is 16.7 Å². The molecule has 0 radical (unpaired) electrons. The van der Waals surface area contributed by atoms with Gasteiger partial charge in [0.1, 0.15) is 5.75 Å². The molecule has 4 heteroatoms. The smallest absolute Gasteiger partial charge is 0.137 e. The lowest BCUT2D eigenvalue weighted by Crippen LogP contribution is -2.35. The van der Waals surface area contributed by atoms with E-state index in [4.69, 9.17) is 16.3 Å². The summed E-state index contributed by atoms with van der Waals surface area (Å²) in [5.74, 6) is 1.11. The van der Waals surface area contributed by atoms with Crippen LogP contribution in [0, 0.1) is 0 Å². The SMILES string of the molecule is COc1cc2c(cc1Cl)CC(N(C)C)CC2c1cccc(Br)c1. The molecular formula is C19H21BrClNO. The first-order valence-electron chi connectivity index (χ1n) is 7.77. The van der Waals surface area contributed by atoms with Gasteiger partial charge in [0, 0.05) is 16.4 Å². The molecule has 0 heterocycles. The maximum absolute atomic E-state index is 6.36. The molecule has 1 aliphatic carbocycles. The Hall–Kier alpha value is -1.03. The minimum Gasteiger partial charge on any atom is -0.495 e. The monoisotopic (exact) mass is 393 g/mol. The van der Waals surface area contributed by atoms with E-state index < -0.39 is 0 Å². The summed E-state index contributed by atoms with van der Waals surface area (Å²) in [7, 11) is 5.98. The van der Waals surface area contributed by atoms with Crippen molar-refractivity contribution < 1.29 is 4.74 Å². The summed E-state index contributed by atoms with van der Waals surface area (Å²) in [5.41, 5.74) is 3.99. The third-order valence-electron chi connectivity index (χ3n) is 4.73. The molecule has 2 nitrogen and oxygen atoms in total. The molecule has 0 saturated carbocycles. The fraction of sp³-hybridized carbons (Fsp3) is 0.368. The molecule has 2 atom stereocenters. The Morgan fingerprint density at radius 2 is 2.00 bits per heavy atom. The van der Waals surface area contributed by atoms with Crippen molar-refractivity contribution in [2.45, 2.75) is 24.8 Å². The maximum atomic E-state index is 6.36. The molecule has 23 heavy (non-hydrogen) atoms. The predicted molar refractivity (Wildman–Crippen MR) is 99.8 cm³/mol. The molecule has 1 aliphatic rings. The highest BCUT2D eigenvalue weighted by atomic mass is 79.9. The summed E-state index contributed by atoms with van der Waals surface area (Å²) >= 11 is 9.96. The summed E-state index contributed by atoms with van der Waals surface area (Å²) in [6.45, 7) is 0. The van der Waals surface area contributed by atoms with Crippen LogP contribution in [0.1, 0.15) is 29.0 Å². The maximum Gasteiger partial charge on any atom is 0.137 e. The molecule has 2 aromatic carbocycles. The fourth-order valence-corrected chi connectivity index (χ4v) is 4.12. The Labute approximate surface area is 151 Å². The topological polar surface area (TPSA) is 12.5 Å². The van der Waals surface area contributed by atoms with Crippen LogP contribution in [0.4, 0.5) is 0 Å². The minimum absolute atomic E-state index is 0.356. The third kappa shape index (κ3) is 3.42. The average molecular weight is 395 g/mol. The van der Waals surface area contributed by atoms with Crippen molar-refractivity contribution in [3.63, 3.8) is 0 Å².